The molecule has 0 saturated carbocycles. The minimum Gasteiger partial charge on any atom is -0.497 e. The molecule has 4 N–H and O–H groups in total. The van der Waals surface area contributed by atoms with Gasteiger partial charge in [-0.3, -0.25) is 9.36 Å². The summed E-state index contributed by atoms with van der Waals surface area (Å²) in [7, 11) is 3.02. The molecule has 194 valence electrons. The predicted octanol–water partition coefficient (Wildman–Crippen LogP) is 0.270. The third-order valence-electron chi connectivity index (χ3n) is 6.03. The van der Waals surface area contributed by atoms with Crippen molar-refractivity contribution in [1.29, 1.82) is 0 Å². The van der Waals surface area contributed by atoms with Crippen molar-refractivity contribution in [1.82, 2.24) is 39.8 Å². The number of hydrogen-bond acceptors (Lipinski definition) is 11. The molecule has 1 amide bonds. The predicted molar refractivity (Wildman–Crippen MR) is 131 cm³/mol. The van der Waals surface area contributed by atoms with Crippen molar-refractivity contribution in [3.05, 3.63) is 36.8 Å². The van der Waals surface area contributed by atoms with E-state index in [0.29, 0.717) is 35.0 Å². The van der Waals surface area contributed by atoms with Gasteiger partial charge < -0.3 is 30.3 Å². The smallest absolute Gasteiger partial charge is 0.256 e. The number of fused-ring (bicyclic) bond motifs is 1. The Morgan fingerprint density at radius 3 is 2.84 bits per heavy atom. The number of carbonyl (C=O) groups excluding carboxylic acids is 1. The van der Waals surface area contributed by atoms with Crippen LogP contribution in [0.25, 0.3) is 28.4 Å². The van der Waals surface area contributed by atoms with Crippen molar-refractivity contribution >= 4 is 22.9 Å². The van der Waals surface area contributed by atoms with E-state index >= 15 is 0 Å². The molecule has 4 aromatic rings. The highest BCUT2D eigenvalue weighted by Gasteiger charge is 2.47. The van der Waals surface area contributed by atoms with Gasteiger partial charge in [0.15, 0.2) is 29.3 Å². The first-order valence-corrected chi connectivity index (χ1v) is 11.7. The van der Waals surface area contributed by atoms with Crippen LogP contribution in [0.4, 0.5) is 5.82 Å². The average molecular weight is 510 g/mol. The van der Waals surface area contributed by atoms with Crippen LogP contribution in [0.3, 0.4) is 0 Å². The van der Waals surface area contributed by atoms with Crippen LogP contribution >= 0.6 is 0 Å². The maximum atomic E-state index is 12.1. The van der Waals surface area contributed by atoms with Crippen LogP contribution < -0.4 is 15.4 Å². The molecule has 0 bridgehead atoms. The molecule has 1 saturated heterocycles. The maximum absolute atomic E-state index is 12.1. The molecule has 14 heteroatoms. The number of likely N-dealkylation sites (N-methyl/N-ethyl adjacent to an activating group) is 1. The van der Waals surface area contributed by atoms with E-state index in [1.807, 2.05) is 31.2 Å². The molecule has 3 aromatic heterocycles. The van der Waals surface area contributed by atoms with Gasteiger partial charge >= 0.3 is 0 Å². The van der Waals surface area contributed by atoms with E-state index in [1.165, 1.54) is 22.6 Å². The van der Waals surface area contributed by atoms with Crippen molar-refractivity contribution in [2.75, 3.05) is 26.0 Å². The SMILES string of the molecule is CCCNc1nc(-n2cc(-c3cccc(OC)c3)nn2)nc2c1ncn2[C@@H]1O[C@H](C(=O)NC)[C@@H](O)[C@H]1O. The van der Waals surface area contributed by atoms with E-state index in [4.69, 9.17) is 9.47 Å². The second-order valence-electron chi connectivity index (χ2n) is 8.45. The Bertz CT molecular complexity index is 1420. The van der Waals surface area contributed by atoms with Gasteiger partial charge in [-0.25, -0.2) is 4.98 Å². The lowest BCUT2D eigenvalue weighted by atomic mass is 10.1. The number of imidazole rings is 1. The quantitative estimate of drug-likeness (QED) is 0.257. The Balaban J connectivity index is 1.56. The fraction of sp³-hybridized carbons (Fsp3) is 0.391. The first kappa shape index (κ1) is 24.5. The number of hydrogen-bond donors (Lipinski definition) is 4. The van der Waals surface area contributed by atoms with Gasteiger partial charge in [-0.2, -0.15) is 14.6 Å². The molecule has 0 unspecified atom stereocenters. The highest BCUT2D eigenvalue weighted by atomic mass is 16.6. The zero-order valence-corrected chi connectivity index (χ0v) is 20.4. The van der Waals surface area contributed by atoms with E-state index in [1.54, 1.807) is 13.3 Å². The molecule has 1 aliphatic heterocycles. The minimum absolute atomic E-state index is 0.199. The summed E-state index contributed by atoms with van der Waals surface area (Å²) in [5.74, 6) is 0.791. The van der Waals surface area contributed by atoms with Crippen LogP contribution in [0.1, 0.15) is 19.6 Å². The summed E-state index contributed by atoms with van der Waals surface area (Å²) in [5, 5.41) is 35.2. The minimum atomic E-state index is -1.43. The average Bonchev–Trinajstić information content (AvgIpc) is 3.65. The molecule has 4 heterocycles. The molecule has 0 radical (unpaired) electrons. The van der Waals surface area contributed by atoms with E-state index in [-0.39, 0.29) is 5.95 Å². The van der Waals surface area contributed by atoms with Gasteiger partial charge in [0.25, 0.3) is 11.9 Å². The fourth-order valence-corrected chi connectivity index (χ4v) is 4.08. The molecule has 5 rings (SSSR count). The highest BCUT2D eigenvalue weighted by molar-refractivity contribution is 5.84. The van der Waals surface area contributed by atoms with Crippen LogP contribution in [0, 0.1) is 0 Å². The summed E-state index contributed by atoms with van der Waals surface area (Å²) >= 11 is 0. The first-order chi connectivity index (χ1) is 17.9. The van der Waals surface area contributed by atoms with Gasteiger partial charge in [-0.1, -0.05) is 24.3 Å². The molecule has 14 nitrogen and oxygen atoms in total. The van der Waals surface area contributed by atoms with Gasteiger partial charge in [-0.15, -0.1) is 5.10 Å². The van der Waals surface area contributed by atoms with E-state index in [0.717, 1.165) is 12.0 Å². The number of carbonyl (C=O) groups is 1. The summed E-state index contributed by atoms with van der Waals surface area (Å²) in [6, 6.07) is 7.42. The Hall–Kier alpha value is -4.14. The summed E-state index contributed by atoms with van der Waals surface area (Å²) in [5.41, 5.74) is 2.14. The van der Waals surface area contributed by atoms with Gasteiger partial charge in [0.1, 0.15) is 23.7 Å². The summed E-state index contributed by atoms with van der Waals surface area (Å²) in [6.07, 6.45) is -1.22. The number of rotatable bonds is 8. The second-order valence-corrected chi connectivity index (χ2v) is 8.45. The van der Waals surface area contributed by atoms with Crippen LogP contribution in [0.15, 0.2) is 36.8 Å². The Kier molecular flexibility index (Phi) is 6.69. The topological polar surface area (TPSA) is 174 Å². The zero-order chi connectivity index (χ0) is 26.1. The Labute approximate surface area is 211 Å². The molecule has 1 aromatic carbocycles. The van der Waals surface area contributed by atoms with E-state index in [2.05, 4.69) is 35.9 Å². The number of nitrogens with zero attached hydrogens (tertiary/aromatic N) is 7. The number of aliphatic hydroxyl groups is 2. The number of aliphatic hydroxyl groups excluding tert-OH is 2. The molecule has 1 aliphatic rings. The van der Waals surface area contributed by atoms with Gasteiger partial charge in [-0.05, 0) is 18.6 Å². The standard InChI is InChI=1S/C23H27N9O5/c1-4-8-25-19-15-20(31(11-26-15)22-17(34)16(33)18(37-22)21(35)24-2)28-23(27-19)32-10-14(29-30-32)12-6-5-7-13(9-12)36-3/h5-7,9-11,16-18,22,33-34H,4,8H2,1-3H3,(H,24,35)(H,25,27,28)/t16-,17+,18-,22+/m0/s1. The third-order valence-corrected chi connectivity index (χ3v) is 6.03. The molecule has 4 atom stereocenters. The van der Waals surface area contributed by atoms with Crippen molar-refractivity contribution in [2.24, 2.45) is 0 Å². The summed E-state index contributed by atoms with van der Waals surface area (Å²) in [6.45, 7) is 2.65. The van der Waals surface area contributed by atoms with Gasteiger partial charge in [0, 0.05) is 19.2 Å². The van der Waals surface area contributed by atoms with Crippen molar-refractivity contribution in [3.8, 4) is 23.0 Å². The molecular weight excluding hydrogens is 482 g/mol. The lowest BCUT2D eigenvalue weighted by Crippen LogP contribution is -2.41. The van der Waals surface area contributed by atoms with Crippen LogP contribution in [-0.4, -0.2) is 89.6 Å². The van der Waals surface area contributed by atoms with Crippen LogP contribution in [-0.2, 0) is 9.53 Å². The molecular formula is C23H27N9O5. The van der Waals surface area contributed by atoms with Crippen molar-refractivity contribution in [3.63, 3.8) is 0 Å². The first-order valence-electron chi connectivity index (χ1n) is 11.7. The fourth-order valence-electron chi connectivity index (χ4n) is 4.08. The molecule has 0 aliphatic carbocycles. The summed E-state index contributed by atoms with van der Waals surface area (Å²) < 4.78 is 13.9. The Morgan fingerprint density at radius 1 is 1.24 bits per heavy atom. The van der Waals surface area contributed by atoms with Crippen LogP contribution in [0.2, 0.25) is 0 Å². The number of aromatic nitrogens is 7. The Morgan fingerprint density at radius 2 is 2.08 bits per heavy atom. The molecule has 37 heavy (non-hydrogen) atoms. The number of methoxy groups -OCH3 is 1. The monoisotopic (exact) mass is 509 g/mol. The number of ether oxygens (including phenoxy) is 2. The largest absolute Gasteiger partial charge is 0.497 e. The molecule has 0 spiro atoms. The van der Waals surface area contributed by atoms with E-state index < -0.39 is 30.4 Å². The highest BCUT2D eigenvalue weighted by Crippen LogP contribution is 2.33. The van der Waals surface area contributed by atoms with Gasteiger partial charge in [0.05, 0.1) is 19.6 Å². The van der Waals surface area contributed by atoms with Crippen molar-refractivity contribution in [2.45, 2.75) is 37.9 Å². The zero-order valence-electron chi connectivity index (χ0n) is 20.4. The number of amides is 1. The molecule has 1 fully saturated rings. The number of nitrogens with one attached hydrogen (secondary N) is 2. The third kappa shape index (κ3) is 4.45. The maximum Gasteiger partial charge on any atom is 0.256 e. The lowest BCUT2D eigenvalue weighted by Gasteiger charge is -2.17. The second kappa shape index (κ2) is 10.1. The van der Waals surface area contributed by atoms with Crippen LogP contribution in [0.5, 0.6) is 5.75 Å². The lowest BCUT2D eigenvalue weighted by molar-refractivity contribution is -0.137. The van der Waals surface area contributed by atoms with Crippen molar-refractivity contribution < 1.29 is 24.5 Å². The van der Waals surface area contributed by atoms with E-state index in [9.17, 15) is 15.0 Å². The van der Waals surface area contributed by atoms with Gasteiger partial charge in [0.2, 0.25) is 0 Å². The number of anilines is 1. The number of benzene rings is 1. The normalized spacial score (nSPS) is 21.3. The summed E-state index contributed by atoms with van der Waals surface area (Å²) in [4.78, 5) is 25.8.